The van der Waals surface area contributed by atoms with Crippen LogP contribution < -0.4 is 41.6 Å². The Morgan fingerprint density at radius 2 is 1.06 bits per heavy atom. The number of nitrogens with zero attached hydrogens (tertiary/aromatic N) is 6. The average molecular weight is 687 g/mol. The minimum absolute atomic E-state index is 0.00544. The smallest absolute Gasteiger partial charge is 0.279 e. The van der Waals surface area contributed by atoms with Crippen molar-refractivity contribution in [1.82, 2.24) is 19.6 Å². The van der Waals surface area contributed by atoms with Gasteiger partial charge in [-0.3, -0.25) is 19.8 Å². The first kappa shape index (κ1) is 30.8. The van der Waals surface area contributed by atoms with Crippen LogP contribution in [0, 0.1) is 0 Å². The summed E-state index contributed by atoms with van der Waals surface area (Å²) in [6.45, 7) is 9.01. The van der Waals surface area contributed by atoms with Crippen LogP contribution in [0.1, 0.15) is 0 Å². The van der Waals surface area contributed by atoms with E-state index in [0.717, 1.165) is 9.36 Å². The number of fused-ring (bicyclic) bond motifs is 2. The van der Waals surface area contributed by atoms with Gasteiger partial charge in [0.25, 0.3) is 11.1 Å². The number of primary sulfonamides is 2. The Morgan fingerprint density at radius 1 is 0.667 bits per heavy atom. The summed E-state index contributed by atoms with van der Waals surface area (Å²) in [6.07, 6.45) is 9.92. The molecule has 0 bridgehead atoms. The molecule has 0 saturated carbocycles. The topological polar surface area (TPSA) is 227 Å². The molecular formula is C30H26N10O6S2. The van der Waals surface area contributed by atoms with Crippen LogP contribution in [0.3, 0.4) is 0 Å². The molecule has 18 heteroatoms. The van der Waals surface area contributed by atoms with Crippen molar-refractivity contribution in [3.8, 4) is 11.4 Å². The van der Waals surface area contributed by atoms with Gasteiger partial charge >= 0.3 is 0 Å². The van der Waals surface area contributed by atoms with Crippen molar-refractivity contribution in [2.24, 2.45) is 20.3 Å². The zero-order valence-electron chi connectivity index (χ0n) is 24.9. The van der Waals surface area contributed by atoms with Gasteiger partial charge in [0.2, 0.25) is 20.0 Å². The van der Waals surface area contributed by atoms with Gasteiger partial charge in [-0.15, -0.1) is 0 Å². The number of rotatable bonds is 6. The van der Waals surface area contributed by atoms with Crippen molar-refractivity contribution >= 4 is 79.1 Å². The third-order valence-corrected chi connectivity index (χ3v) is 9.95. The zero-order valence-corrected chi connectivity index (χ0v) is 26.5. The molecule has 2 aromatic heterocycles. The maximum absolute atomic E-state index is 14.0. The summed E-state index contributed by atoms with van der Waals surface area (Å²) in [6, 6.07) is 8.58. The first-order valence-corrected chi connectivity index (χ1v) is 17.2. The molecule has 244 valence electrons. The Kier molecular flexibility index (Phi) is 6.98. The van der Waals surface area contributed by atoms with Gasteiger partial charge in [-0.1, -0.05) is 13.2 Å². The monoisotopic (exact) mass is 686 g/mol. The third kappa shape index (κ3) is 4.90. The second-order valence-electron chi connectivity index (χ2n) is 11.0. The molecule has 0 radical (unpaired) electrons. The van der Waals surface area contributed by atoms with Gasteiger partial charge in [-0.25, -0.2) is 46.5 Å². The molecule has 0 fully saturated rings. The zero-order chi connectivity index (χ0) is 34.1. The molecular weight excluding hydrogens is 661 g/mol. The molecule has 4 heterocycles. The molecule has 16 nitrogen and oxygen atoms in total. The van der Waals surface area contributed by atoms with Gasteiger partial charge in [0.15, 0.2) is 0 Å². The lowest BCUT2D eigenvalue weighted by molar-refractivity contribution is 0.594. The summed E-state index contributed by atoms with van der Waals surface area (Å²) >= 11 is 0. The Labute approximate surface area is 271 Å². The van der Waals surface area contributed by atoms with Crippen LogP contribution >= 0.6 is 0 Å². The van der Waals surface area contributed by atoms with Crippen LogP contribution in [0.4, 0.5) is 11.4 Å². The Hall–Kier alpha value is -5.82. The second kappa shape index (κ2) is 10.9. The summed E-state index contributed by atoms with van der Waals surface area (Å²) in [7, 11) is -8.63. The van der Waals surface area contributed by atoms with Gasteiger partial charge < -0.3 is 9.80 Å². The van der Waals surface area contributed by atoms with Gasteiger partial charge in [0, 0.05) is 47.3 Å². The van der Waals surface area contributed by atoms with Gasteiger partial charge in [-0.05, 0) is 48.6 Å². The molecule has 2 aliphatic heterocycles. The highest BCUT2D eigenvalue weighted by molar-refractivity contribution is 7.89. The van der Waals surface area contributed by atoms with Crippen LogP contribution in [0.25, 0.3) is 46.3 Å². The summed E-state index contributed by atoms with van der Waals surface area (Å²) in [5, 5.41) is 17.0. The molecule has 48 heavy (non-hydrogen) atoms. The normalized spacial score (nSPS) is 15.0. The quantitative estimate of drug-likeness (QED) is 0.186. The number of nitrogens with one attached hydrogen (secondary N) is 2. The highest BCUT2D eigenvalue weighted by atomic mass is 32.2. The van der Waals surface area contributed by atoms with Crippen LogP contribution in [-0.4, -0.2) is 62.2 Å². The van der Waals surface area contributed by atoms with E-state index in [1.165, 1.54) is 36.4 Å². The molecule has 0 aliphatic carbocycles. The Morgan fingerprint density at radius 3 is 1.40 bits per heavy atom. The van der Waals surface area contributed by atoms with Gasteiger partial charge in [0.1, 0.15) is 9.79 Å². The van der Waals surface area contributed by atoms with E-state index in [1.807, 2.05) is 0 Å². The van der Waals surface area contributed by atoms with Gasteiger partial charge in [0.05, 0.1) is 45.9 Å². The summed E-state index contributed by atoms with van der Waals surface area (Å²) < 4.78 is 52.5. The van der Waals surface area contributed by atoms with E-state index < -0.39 is 31.2 Å². The summed E-state index contributed by atoms with van der Waals surface area (Å²) in [4.78, 5) is 39.1. The van der Waals surface area contributed by atoms with E-state index in [0.29, 0.717) is 24.5 Å². The van der Waals surface area contributed by atoms with Crippen LogP contribution in [-0.2, 0) is 20.0 Å². The summed E-state index contributed by atoms with van der Waals surface area (Å²) in [5.74, 6) is 0. The first-order valence-electron chi connectivity index (χ1n) is 14.1. The molecule has 2 aliphatic rings. The minimum Gasteiger partial charge on any atom is -0.328 e. The van der Waals surface area contributed by atoms with E-state index in [-0.39, 0.29) is 53.4 Å². The lowest BCUT2D eigenvalue weighted by Gasteiger charge is -2.21. The highest BCUT2D eigenvalue weighted by Gasteiger charge is 2.25. The van der Waals surface area contributed by atoms with Crippen molar-refractivity contribution in [3.05, 3.63) is 92.1 Å². The largest absolute Gasteiger partial charge is 0.328 e. The number of aliphatic imine (C=N–C) groups is 2. The number of sulfonamides is 2. The minimum atomic E-state index is -4.31. The average Bonchev–Trinajstić information content (AvgIpc) is 3.60. The van der Waals surface area contributed by atoms with Crippen molar-refractivity contribution < 1.29 is 16.8 Å². The van der Waals surface area contributed by atoms with Crippen molar-refractivity contribution in [2.45, 2.75) is 9.79 Å². The van der Waals surface area contributed by atoms with E-state index in [9.17, 15) is 26.4 Å². The predicted molar refractivity (Wildman–Crippen MR) is 184 cm³/mol. The molecule has 0 saturated heterocycles. The molecule has 7 rings (SSSR count). The van der Waals surface area contributed by atoms with Crippen molar-refractivity contribution in [3.63, 3.8) is 0 Å². The summed E-state index contributed by atoms with van der Waals surface area (Å²) in [5.41, 5.74) is -0.305. The number of anilines is 2. The fourth-order valence-electron chi connectivity index (χ4n) is 5.78. The number of nitrogens with two attached hydrogens (primary N) is 2. The lowest BCUT2D eigenvalue weighted by atomic mass is 10.1. The maximum Gasteiger partial charge on any atom is 0.279 e. The number of benzene rings is 3. The van der Waals surface area contributed by atoms with Crippen molar-refractivity contribution in [1.29, 1.82) is 0 Å². The molecule has 0 amide bonds. The van der Waals surface area contributed by atoms with E-state index >= 15 is 0 Å². The van der Waals surface area contributed by atoms with Gasteiger partial charge in [-0.2, -0.15) is 0 Å². The fourth-order valence-corrected chi connectivity index (χ4v) is 7.18. The van der Waals surface area contributed by atoms with Crippen LogP contribution in [0.2, 0.25) is 0 Å². The number of aromatic amines is 2. The van der Waals surface area contributed by atoms with Crippen molar-refractivity contribution in [2.75, 3.05) is 22.9 Å². The molecule has 5 aromatic rings. The number of hydrogen-bond donors (Lipinski definition) is 4. The fraction of sp³-hybridized carbons (Fsp3) is 0.0667. The Balaban J connectivity index is 1.47. The number of H-pyrrole nitrogens is 2. The molecule has 0 spiro atoms. The molecule has 0 atom stereocenters. The highest BCUT2D eigenvalue weighted by Crippen LogP contribution is 2.27. The standard InChI is InChI=1S/C30H26N10O6S2/c1-17-25-28(36-39(29(25)41)21-13-19(37-11-3-9-33-15-37)5-7-23(21)47(31,43)44)18(2)26-27(17)35-40(30(26)42)22-14-20(38-12-4-10-34-16-38)6-8-24(22)48(32,45)46/h3-10,13-16,35-36H,1-2,11-12H2,(H2,31,43,44)(H2,32,45,46). The van der Waals surface area contributed by atoms with E-state index in [2.05, 4.69) is 33.3 Å². The third-order valence-electron chi connectivity index (χ3n) is 8.03. The predicted octanol–water partition coefficient (Wildman–Crippen LogP) is -0.210. The first-order chi connectivity index (χ1) is 22.8. The molecule has 3 aromatic carbocycles. The maximum atomic E-state index is 14.0. The van der Waals surface area contributed by atoms with Crippen LogP contribution in [0.15, 0.2) is 90.3 Å². The van der Waals surface area contributed by atoms with Crippen LogP contribution in [0.5, 0.6) is 0 Å². The Bertz CT molecular complexity index is 2600. The lowest BCUT2D eigenvalue weighted by Crippen LogP contribution is -2.26. The van der Waals surface area contributed by atoms with E-state index in [4.69, 9.17) is 10.3 Å². The second-order valence-corrected chi connectivity index (χ2v) is 14.0. The number of hydrogen-bond acceptors (Lipinski definition) is 10. The SMILES string of the molecule is C=c1c2[nH]n(-c3cc(N4C=NC=CC4)ccc3S(N)(=O)=O)c(=O)c2c(=C)c2[nH]n(-c3cc(N4C=NC=CC4)ccc3S(N)(=O)=O)c(=O)c12. The number of aromatic nitrogens is 4. The molecule has 6 N–H and O–H groups in total. The van der Waals surface area contributed by atoms with E-state index in [1.54, 1.807) is 47.0 Å². The molecule has 0 unspecified atom stereocenters.